The number of carbonyl (C=O) groups is 2. The van der Waals surface area contributed by atoms with Gasteiger partial charge in [0, 0.05) is 64.6 Å². The fourth-order valence-corrected chi connectivity index (χ4v) is 3.37. The maximum absolute atomic E-state index is 12.5. The second-order valence-corrected chi connectivity index (χ2v) is 6.59. The number of rotatable bonds is 4. The van der Waals surface area contributed by atoms with Gasteiger partial charge in [-0.15, -0.1) is 0 Å². The van der Waals surface area contributed by atoms with Gasteiger partial charge in [-0.3, -0.25) is 9.78 Å². The highest BCUT2D eigenvalue weighted by atomic mass is 16.4. The molecule has 0 atom stereocenters. The molecule has 0 unspecified atom stereocenters. The summed E-state index contributed by atoms with van der Waals surface area (Å²) < 4.78 is 0. The van der Waals surface area contributed by atoms with Crippen LogP contribution in [0, 0.1) is 0 Å². The highest BCUT2D eigenvalue weighted by Gasteiger charge is 2.25. The van der Waals surface area contributed by atoms with Crippen LogP contribution < -0.4 is 0 Å². The Kier molecular flexibility index (Phi) is 5.11. The average Bonchev–Trinajstić information content (AvgIpc) is 2.59. The Morgan fingerprint density at radius 1 is 1.17 bits per heavy atom. The predicted octanol–water partition coefficient (Wildman–Crippen LogP) is 0.302. The summed E-state index contributed by atoms with van der Waals surface area (Å²) >= 11 is 0. The lowest BCUT2D eigenvalue weighted by Crippen LogP contribution is -2.46. The van der Waals surface area contributed by atoms with Crippen molar-refractivity contribution >= 4 is 11.9 Å². The second-order valence-electron chi connectivity index (χ2n) is 6.59. The van der Waals surface area contributed by atoms with Crippen molar-refractivity contribution in [2.24, 2.45) is 0 Å². The molecule has 1 N–H and O–H groups in total. The lowest BCUT2D eigenvalue weighted by atomic mass is 9.97. The van der Waals surface area contributed by atoms with Crippen LogP contribution in [0.15, 0.2) is 12.4 Å². The Hall–Kier alpha value is -1.99. The number of aromatic carboxylic acids is 1. The Morgan fingerprint density at radius 2 is 1.92 bits per heavy atom. The topological polar surface area (TPSA) is 77.0 Å². The molecule has 1 aromatic rings. The van der Waals surface area contributed by atoms with Gasteiger partial charge in [-0.2, -0.15) is 0 Å². The molecule has 1 fully saturated rings. The molecular formula is C17H24N4O3. The molecule has 1 amide bonds. The Labute approximate surface area is 141 Å². The maximum atomic E-state index is 12.5. The summed E-state index contributed by atoms with van der Waals surface area (Å²) in [6.45, 7) is 5.97. The Balaban J connectivity index is 1.56. The maximum Gasteiger partial charge on any atom is 0.337 e. The molecule has 0 radical (unpaired) electrons. The van der Waals surface area contributed by atoms with Crippen molar-refractivity contribution in [2.45, 2.75) is 19.4 Å². The first-order valence-electron chi connectivity index (χ1n) is 8.42. The van der Waals surface area contributed by atoms with E-state index in [4.69, 9.17) is 0 Å². The van der Waals surface area contributed by atoms with Crippen LogP contribution in [-0.4, -0.2) is 83.0 Å². The van der Waals surface area contributed by atoms with Crippen molar-refractivity contribution in [3.8, 4) is 0 Å². The molecule has 0 saturated carbocycles. The third kappa shape index (κ3) is 3.73. The van der Waals surface area contributed by atoms with Crippen molar-refractivity contribution < 1.29 is 14.7 Å². The third-order valence-corrected chi connectivity index (χ3v) is 4.96. The summed E-state index contributed by atoms with van der Waals surface area (Å²) in [5.74, 6) is -0.811. The van der Waals surface area contributed by atoms with Crippen LogP contribution in [0.3, 0.4) is 0 Å². The molecule has 0 aliphatic carbocycles. The highest BCUT2D eigenvalue weighted by Crippen LogP contribution is 2.22. The molecule has 3 rings (SSSR count). The zero-order chi connectivity index (χ0) is 17.1. The summed E-state index contributed by atoms with van der Waals surface area (Å²) in [4.78, 5) is 34.2. The number of piperazine rings is 1. The lowest BCUT2D eigenvalue weighted by molar-refractivity contribution is -0.132. The molecule has 0 spiro atoms. The van der Waals surface area contributed by atoms with Crippen LogP contribution in [0.1, 0.15) is 27.9 Å². The zero-order valence-corrected chi connectivity index (χ0v) is 14.1. The van der Waals surface area contributed by atoms with E-state index >= 15 is 0 Å². The summed E-state index contributed by atoms with van der Waals surface area (Å²) in [6, 6.07) is 0. The van der Waals surface area contributed by atoms with Crippen molar-refractivity contribution in [2.75, 3.05) is 46.3 Å². The molecule has 2 aliphatic heterocycles. The van der Waals surface area contributed by atoms with Crippen molar-refractivity contribution in [3.05, 3.63) is 29.1 Å². The smallest absolute Gasteiger partial charge is 0.337 e. The SMILES string of the molecule is CN1CCN(CCC(=O)N2CCc3c(cncc3C(=O)O)C2)CC1. The molecule has 7 heteroatoms. The van der Waals surface area contributed by atoms with Gasteiger partial charge in [-0.1, -0.05) is 0 Å². The number of pyridine rings is 1. The van der Waals surface area contributed by atoms with Crippen LogP contribution in [0.4, 0.5) is 0 Å². The average molecular weight is 332 g/mol. The number of nitrogens with zero attached hydrogens (tertiary/aromatic N) is 4. The molecule has 7 nitrogen and oxygen atoms in total. The molecule has 3 heterocycles. The van der Waals surface area contributed by atoms with Gasteiger partial charge in [0.15, 0.2) is 0 Å². The van der Waals surface area contributed by atoms with Gasteiger partial charge in [0.2, 0.25) is 5.91 Å². The molecule has 0 aromatic carbocycles. The predicted molar refractivity (Wildman–Crippen MR) is 88.9 cm³/mol. The van der Waals surface area contributed by atoms with Gasteiger partial charge >= 0.3 is 5.97 Å². The fourth-order valence-electron chi connectivity index (χ4n) is 3.37. The Bertz CT molecular complexity index is 626. The summed E-state index contributed by atoms with van der Waals surface area (Å²) in [6.07, 6.45) is 4.18. The quantitative estimate of drug-likeness (QED) is 0.855. The van der Waals surface area contributed by atoms with E-state index in [0.29, 0.717) is 25.9 Å². The van der Waals surface area contributed by atoms with Gasteiger partial charge in [0.25, 0.3) is 0 Å². The van der Waals surface area contributed by atoms with Gasteiger partial charge in [-0.05, 0) is 24.6 Å². The van der Waals surface area contributed by atoms with Crippen molar-refractivity contribution in [1.29, 1.82) is 0 Å². The van der Waals surface area contributed by atoms with Crippen LogP contribution in [0.5, 0.6) is 0 Å². The van der Waals surface area contributed by atoms with E-state index in [-0.39, 0.29) is 11.5 Å². The van der Waals surface area contributed by atoms with Crippen molar-refractivity contribution in [3.63, 3.8) is 0 Å². The van der Waals surface area contributed by atoms with E-state index in [9.17, 15) is 14.7 Å². The van der Waals surface area contributed by atoms with Crippen LogP contribution in [-0.2, 0) is 17.8 Å². The Morgan fingerprint density at radius 3 is 2.62 bits per heavy atom. The zero-order valence-electron chi connectivity index (χ0n) is 14.1. The molecule has 1 aromatic heterocycles. The molecular weight excluding hydrogens is 308 g/mol. The van der Waals surface area contributed by atoms with Crippen LogP contribution in [0.25, 0.3) is 0 Å². The minimum atomic E-state index is -0.950. The molecule has 24 heavy (non-hydrogen) atoms. The molecule has 1 saturated heterocycles. The number of hydrogen-bond acceptors (Lipinski definition) is 5. The monoisotopic (exact) mass is 332 g/mol. The van der Waals surface area contributed by atoms with Gasteiger partial charge in [0.1, 0.15) is 0 Å². The highest BCUT2D eigenvalue weighted by molar-refractivity contribution is 5.89. The minimum absolute atomic E-state index is 0.139. The second kappa shape index (κ2) is 7.27. The number of aromatic nitrogens is 1. The number of carboxylic acid groups (broad SMARTS) is 1. The van der Waals surface area contributed by atoms with E-state index in [1.54, 1.807) is 6.20 Å². The van der Waals surface area contributed by atoms with Gasteiger partial charge < -0.3 is 19.8 Å². The first-order chi connectivity index (χ1) is 11.5. The first kappa shape index (κ1) is 16.9. The number of carboxylic acids is 1. The normalized spacial score (nSPS) is 19.1. The third-order valence-electron chi connectivity index (χ3n) is 4.96. The summed E-state index contributed by atoms with van der Waals surface area (Å²) in [5, 5.41) is 9.23. The lowest BCUT2D eigenvalue weighted by Gasteiger charge is -2.33. The molecule has 0 bridgehead atoms. The number of hydrogen-bond donors (Lipinski definition) is 1. The van der Waals surface area contributed by atoms with E-state index in [2.05, 4.69) is 21.8 Å². The van der Waals surface area contributed by atoms with Crippen LogP contribution in [0.2, 0.25) is 0 Å². The minimum Gasteiger partial charge on any atom is -0.478 e. The summed E-state index contributed by atoms with van der Waals surface area (Å²) in [7, 11) is 2.12. The summed E-state index contributed by atoms with van der Waals surface area (Å²) in [5.41, 5.74) is 1.94. The molecule has 130 valence electrons. The fraction of sp³-hybridized carbons (Fsp3) is 0.588. The number of fused-ring (bicyclic) bond motifs is 1. The van der Waals surface area contributed by atoms with E-state index < -0.39 is 5.97 Å². The van der Waals surface area contributed by atoms with Crippen molar-refractivity contribution in [1.82, 2.24) is 19.7 Å². The van der Waals surface area contributed by atoms with E-state index in [0.717, 1.165) is 43.9 Å². The van der Waals surface area contributed by atoms with E-state index in [1.807, 2.05) is 4.90 Å². The number of carbonyl (C=O) groups excluding carboxylic acids is 1. The first-order valence-corrected chi connectivity index (χ1v) is 8.42. The molecule has 2 aliphatic rings. The number of likely N-dealkylation sites (N-methyl/N-ethyl adjacent to an activating group) is 1. The number of amides is 1. The van der Waals surface area contributed by atoms with Gasteiger partial charge in [0.05, 0.1) is 5.56 Å². The van der Waals surface area contributed by atoms with Crippen LogP contribution >= 0.6 is 0 Å². The largest absolute Gasteiger partial charge is 0.478 e. The standard InChI is InChI=1S/C17H24N4O3/c1-19-6-8-20(9-7-19)4-3-16(22)21-5-2-14-13(12-21)10-18-11-15(14)17(23)24/h10-11H,2-9,12H2,1H3,(H,23,24). The van der Waals surface area contributed by atoms with Gasteiger partial charge in [-0.25, -0.2) is 4.79 Å². The van der Waals surface area contributed by atoms with E-state index in [1.165, 1.54) is 6.20 Å².